The molecule has 0 amide bonds. The second-order valence-electron chi connectivity index (χ2n) is 8.86. The highest BCUT2D eigenvalue weighted by atomic mass is 14.7. The van der Waals surface area contributed by atoms with Gasteiger partial charge in [-0.15, -0.1) is 0 Å². The Hall–Kier alpha value is -0.560. The zero-order valence-electron chi connectivity index (χ0n) is 13.8. The summed E-state index contributed by atoms with van der Waals surface area (Å²) in [5.41, 5.74) is 10.5. The first-order chi connectivity index (χ1) is 9.95. The zero-order valence-corrected chi connectivity index (χ0v) is 13.8. The molecule has 1 heteroatoms. The molecule has 0 bridgehead atoms. The molecule has 4 rings (SSSR count). The van der Waals surface area contributed by atoms with E-state index in [1.165, 1.54) is 56.9 Å². The Labute approximate surface area is 130 Å². The van der Waals surface area contributed by atoms with Crippen LogP contribution in [-0.4, -0.2) is 6.04 Å². The van der Waals surface area contributed by atoms with Crippen LogP contribution in [0.3, 0.4) is 0 Å². The Kier molecular flexibility index (Phi) is 2.99. The fourth-order valence-electron chi connectivity index (χ4n) is 6.47. The van der Waals surface area contributed by atoms with Gasteiger partial charge in [0.05, 0.1) is 0 Å². The van der Waals surface area contributed by atoms with Crippen molar-refractivity contribution in [3.63, 3.8) is 0 Å². The molecule has 21 heavy (non-hydrogen) atoms. The second kappa shape index (κ2) is 4.47. The minimum atomic E-state index is 0.405. The Morgan fingerprint density at radius 2 is 1.95 bits per heavy atom. The van der Waals surface area contributed by atoms with Crippen LogP contribution in [0.5, 0.6) is 0 Å². The molecule has 116 valence electrons. The van der Waals surface area contributed by atoms with Crippen LogP contribution in [0.25, 0.3) is 0 Å². The molecule has 6 unspecified atom stereocenters. The van der Waals surface area contributed by atoms with Crippen molar-refractivity contribution in [3.05, 3.63) is 23.8 Å². The van der Waals surface area contributed by atoms with E-state index in [9.17, 15) is 0 Å². The van der Waals surface area contributed by atoms with Gasteiger partial charge in [0.2, 0.25) is 0 Å². The molecule has 0 aliphatic heterocycles. The van der Waals surface area contributed by atoms with Gasteiger partial charge < -0.3 is 5.73 Å². The van der Waals surface area contributed by atoms with Crippen molar-refractivity contribution in [2.45, 2.75) is 71.3 Å². The molecule has 6 atom stereocenters. The average molecular weight is 285 g/mol. The molecule has 0 radical (unpaired) electrons. The summed E-state index contributed by atoms with van der Waals surface area (Å²) >= 11 is 0. The zero-order chi connectivity index (χ0) is 14.8. The van der Waals surface area contributed by atoms with Crippen molar-refractivity contribution in [1.29, 1.82) is 0 Å². The highest BCUT2D eigenvalue weighted by molar-refractivity contribution is 5.33. The van der Waals surface area contributed by atoms with E-state index in [2.05, 4.69) is 26.5 Å². The normalized spacial score (nSPS) is 52.7. The summed E-state index contributed by atoms with van der Waals surface area (Å²) in [6, 6.07) is 0.459. The third-order valence-electron chi connectivity index (χ3n) is 8.02. The largest absolute Gasteiger partial charge is 0.328 e. The quantitative estimate of drug-likeness (QED) is 0.634. The molecule has 0 aromatic carbocycles. The molecule has 0 aromatic rings. The summed E-state index contributed by atoms with van der Waals surface area (Å²) in [5, 5.41) is 0. The lowest BCUT2D eigenvalue weighted by Crippen LogP contribution is -2.49. The van der Waals surface area contributed by atoms with E-state index in [0.717, 1.165) is 17.8 Å². The molecule has 0 heterocycles. The third-order valence-corrected chi connectivity index (χ3v) is 8.02. The summed E-state index contributed by atoms with van der Waals surface area (Å²) in [7, 11) is 0. The lowest BCUT2D eigenvalue weighted by atomic mass is 9.49. The number of rotatable bonds is 0. The number of hydrogen-bond donors (Lipinski definition) is 1. The summed E-state index contributed by atoms with van der Waals surface area (Å²) in [6.07, 6.45) is 13.2. The van der Waals surface area contributed by atoms with Crippen LogP contribution in [0.1, 0.15) is 65.2 Å². The van der Waals surface area contributed by atoms with Crippen LogP contribution in [0, 0.1) is 28.6 Å². The maximum atomic E-state index is 6.26. The highest BCUT2D eigenvalue weighted by Crippen LogP contribution is 2.64. The second-order valence-corrected chi connectivity index (χ2v) is 8.86. The van der Waals surface area contributed by atoms with Gasteiger partial charge in [-0.25, -0.2) is 0 Å². The number of fused-ring (bicyclic) bond motifs is 5. The molecular formula is C20H31N. The fraction of sp³-hybridized carbons (Fsp3) is 0.800. The lowest BCUT2D eigenvalue weighted by Gasteiger charge is -2.56. The van der Waals surface area contributed by atoms with Crippen molar-refractivity contribution < 1.29 is 0 Å². The van der Waals surface area contributed by atoms with Gasteiger partial charge in [0, 0.05) is 6.04 Å². The third kappa shape index (κ3) is 1.79. The maximum absolute atomic E-state index is 6.26. The predicted molar refractivity (Wildman–Crippen MR) is 88.8 cm³/mol. The molecule has 4 aliphatic carbocycles. The van der Waals surface area contributed by atoms with E-state index < -0.39 is 0 Å². The van der Waals surface area contributed by atoms with Crippen molar-refractivity contribution >= 4 is 0 Å². The molecule has 3 saturated carbocycles. The van der Waals surface area contributed by atoms with Gasteiger partial charge in [-0.1, -0.05) is 37.6 Å². The average Bonchev–Trinajstić information content (AvgIpc) is 2.76. The van der Waals surface area contributed by atoms with E-state index in [-0.39, 0.29) is 0 Å². The summed E-state index contributed by atoms with van der Waals surface area (Å²) < 4.78 is 0. The topological polar surface area (TPSA) is 26.0 Å². The first-order valence-electron chi connectivity index (χ1n) is 9.09. The van der Waals surface area contributed by atoms with Gasteiger partial charge in [-0.3, -0.25) is 0 Å². The summed E-state index contributed by atoms with van der Waals surface area (Å²) in [6.45, 7) is 9.47. The van der Waals surface area contributed by atoms with Crippen LogP contribution >= 0.6 is 0 Å². The van der Waals surface area contributed by atoms with Crippen LogP contribution in [0.15, 0.2) is 23.8 Å². The highest BCUT2D eigenvalue weighted by Gasteiger charge is 2.55. The van der Waals surface area contributed by atoms with Crippen LogP contribution in [0.4, 0.5) is 0 Å². The molecule has 4 aliphatic rings. The molecule has 3 fully saturated rings. The number of allylic oxidation sites excluding steroid dienone is 3. The maximum Gasteiger partial charge on any atom is 0.00421 e. The van der Waals surface area contributed by atoms with Crippen molar-refractivity contribution in [2.24, 2.45) is 34.3 Å². The molecule has 1 nitrogen and oxygen atoms in total. The van der Waals surface area contributed by atoms with Crippen LogP contribution in [0.2, 0.25) is 0 Å². The minimum absolute atomic E-state index is 0.405. The monoisotopic (exact) mass is 285 g/mol. The first-order valence-corrected chi connectivity index (χ1v) is 9.09. The summed E-state index contributed by atoms with van der Waals surface area (Å²) in [4.78, 5) is 0. The van der Waals surface area contributed by atoms with Crippen molar-refractivity contribution in [2.75, 3.05) is 0 Å². The van der Waals surface area contributed by atoms with E-state index in [4.69, 9.17) is 5.73 Å². The SMILES string of the molecule is C=C1CCC2C3CCC4CC(N)CCC4(C)C3=CCC12C. The van der Waals surface area contributed by atoms with Gasteiger partial charge in [0.15, 0.2) is 0 Å². The Morgan fingerprint density at radius 3 is 2.76 bits per heavy atom. The Balaban J connectivity index is 1.71. The minimum Gasteiger partial charge on any atom is -0.328 e. The van der Waals surface area contributed by atoms with E-state index in [1.807, 2.05) is 5.57 Å². The van der Waals surface area contributed by atoms with Crippen LogP contribution < -0.4 is 5.73 Å². The Bertz CT molecular complexity index is 504. The van der Waals surface area contributed by atoms with Gasteiger partial charge in [-0.2, -0.15) is 0 Å². The van der Waals surface area contributed by atoms with Gasteiger partial charge in [0.25, 0.3) is 0 Å². The summed E-state index contributed by atoms with van der Waals surface area (Å²) in [5.74, 6) is 2.56. The van der Waals surface area contributed by atoms with E-state index in [0.29, 0.717) is 16.9 Å². The predicted octanol–water partition coefficient (Wildman–Crippen LogP) is 4.83. The molecule has 0 saturated heterocycles. The fourth-order valence-corrected chi connectivity index (χ4v) is 6.47. The van der Waals surface area contributed by atoms with Crippen molar-refractivity contribution in [3.8, 4) is 0 Å². The van der Waals surface area contributed by atoms with Crippen molar-refractivity contribution in [1.82, 2.24) is 0 Å². The number of nitrogens with two attached hydrogens (primary N) is 1. The van der Waals surface area contributed by atoms with Gasteiger partial charge in [0.1, 0.15) is 0 Å². The molecular weight excluding hydrogens is 254 g/mol. The molecule has 0 aromatic heterocycles. The van der Waals surface area contributed by atoms with E-state index in [1.54, 1.807) is 0 Å². The van der Waals surface area contributed by atoms with Crippen LogP contribution in [-0.2, 0) is 0 Å². The first kappa shape index (κ1) is 14.1. The smallest absolute Gasteiger partial charge is 0.00421 e. The lowest BCUT2D eigenvalue weighted by molar-refractivity contribution is 0.0451. The van der Waals surface area contributed by atoms with Gasteiger partial charge >= 0.3 is 0 Å². The molecule has 0 spiro atoms. The van der Waals surface area contributed by atoms with Gasteiger partial charge in [-0.05, 0) is 80.0 Å². The number of hydrogen-bond acceptors (Lipinski definition) is 1. The molecule has 2 N–H and O–H groups in total. The van der Waals surface area contributed by atoms with E-state index >= 15 is 0 Å². The Morgan fingerprint density at radius 1 is 1.14 bits per heavy atom. The standard InChI is InChI=1S/C20H31N/c1-13-4-7-17-16-6-5-14-12-15(21)8-10-20(14,3)18(16)9-11-19(13,17)2/h9,14-17H,1,4-8,10-12,21H2,2-3H3.